The molecule has 222 valence electrons. The Morgan fingerprint density at radius 3 is 2.39 bits per heavy atom. The maximum atomic E-state index is 13.4. The number of benzene rings is 2. The van der Waals surface area contributed by atoms with E-state index >= 15 is 0 Å². The van der Waals surface area contributed by atoms with E-state index in [0.29, 0.717) is 34.2 Å². The van der Waals surface area contributed by atoms with Crippen molar-refractivity contribution in [2.45, 2.75) is 46.1 Å². The van der Waals surface area contributed by atoms with Gasteiger partial charge in [-0.25, -0.2) is 19.2 Å². The molecule has 3 aromatic rings. The summed E-state index contributed by atoms with van der Waals surface area (Å²) in [7, 11) is -0.485. The largest absolute Gasteiger partial charge is 0.492 e. The fraction of sp³-hybridized carbons (Fsp3) is 0.357. The second-order valence-corrected chi connectivity index (χ2v) is 12.7. The van der Waals surface area contributed by atoms with Crippen LogP contribution in [0.25, 0.3) is 5.70 Å². The number of methoxy groups -OCH3 is 1. The van der Waals surface area contributed by atoms with Crippen molar-refractivity contribution in [1.29, 1.82) is 0 Å². The van der Waals surface area contributed by atoms with Gasteiger partial charge in [-0.3, -0.25) is 14.5 Å². The topological polar surface area (TPSA) is 178 Å². The quantitative estimate of drug-likeness (QED) is 0.186. The van der Waals surface area contributed by atoms with Crippen LogP contribution in [0, 0.1) is 6.92 Å². The number of nitrogens with zero attached hydrogens (tertiary/aromatic N) is 3. The first-order chi connectivity index (χ1) is 18.9. The number of amides is 1. The van der Waals surface area contributed by atoms with Crippen LogP contribution < -0.4 is 31.4 Å². The van der Waals surface area contributed by atoms with Crippen molar-refractivity contribution in [3.8, 4) is 5.75 Å². The highest BCUT2D eigenvalue weighted by atomic mass is 32.2. The number of nitrogens with one attached hydrogen (secondary N) is 2. The maximum absolute atomic E-state index is 13.4. The number of aliphatic hydroxyl groups excluding tert-OH is 1. The van der Waals surface area contributed by atoms with Crippen molar-refractivity contribution in [2.75, 3.05) is 28.4 Å². The lowest BCUT2D eigenvalue weighted by molar-refractivity contribution is 0.102. The van der Waals surface area contributed by atoms with Crippen LogP contribution in [0.1, 0.15) is 66.8 Å². The second kappa shape index (κ2) is 11.8. The van der Waals surface area contributed by atoms with Crippen LogP contribution in [0.5, 0.6) is 5.75 Å². The van der Waals surface area contributed by atoms with Gasteiger partial charge in [0.05, 0.1) is 48.0 Å². The first-order valence-electron chi connectivity index (χ1n) is 12.8. The molecular weight excluding hydrogens is 546 g/mol. The fourth-order valence-electron chi connectivity index (χ4n) is 4.24. The number of sulfonamides is 1. The Balaban J connectivity index is 1.98. The van der Waals surface area contributed by atoms with Crippen molar-refractivity contribution >= 4 is 38.7 Å². The number of anilines is 3. The molecule has 0 radical (unpaired) electrons. The molecule has 0 saturated carbocycles. The first-order valence-corrected chi connectivity index (χ1v) is 14.7. The molecule has 0 bridgehead atoms. The van der Waals surface area contributed by atoms with Crippen LogP contribution in [0.3, 0.4) is 0 Å². The van der Waals surface area contributed by atoms with Crippen molar-refractivity contribution < 1.29 is 23.1 Å². The van der Waals surface area contributed by atoms with Gasteiger partial charge >= 0.3 is 0 Å². The summed E-state index contributed by atoms with van der Waals surface area (Å²) in [6.45, 7) is 9.38. The van der Waals surface area contributed by atoms with Gasteiger partial charge in [0.2, 0.25) is 10.0 Å². The van der Waals surface area contributed by atoms with Crippen LogP contribution in [0.2, 0.25) is 0 Å². The molecule has 12 nitrogen and oxygen atoms in total. The summed E-state index contributed by atoms with van der Waals surface area (Å²) in [5.41, 5.74) is 9.71. The number of hydrazine groups is 1. The summed E-state index contributed by atoms with van der Waals surface area (Å²) in [5, 5.41) is 14.0. The minimum Gasteiger partial charge on any atom is -0.492 e. The Bertz CT molecular complexity index is 1590. The molecule has 0 spiro atoms. The molecule has 2 aromatic carbocycles. The molecule has 1 unspecified atom stereocenters. The second-order valence-electron chi connectivity index (χ2n) is 10.9. The van der Waals surface area contributed by atoms with E-state index in [4.69, 9.17) is 16.3 Å². The number of aliphatic hydroxyl groups is 1. The van der Waals surface area contributed by atoms with Gasteiger partial charge in [0.25, 0.3) is 5.91 Å². The maximum Gasteiger partial charge on any atom is 0.255 e. The number of hydrogen-bond donors (Lipinski definition) is 5. The number of carbonyl (C=O) groups is 1. The minimum absolute atomic E-state index is 0.174. The number of aromatic nitrogens is 2. The summed E-state index contributed by atoms with van der Waals surface area (Å²) >= 11 is 0. The third kappa shape index (κ3) is 7.37. The van der Waals surface area contributed by atoms with Crippen LogP contribution in [-0.4, -0.2) is 42.3 Å². The van der Waals surface area contributed by atoms with E-state index in [1.165, 1.54) is 18.3 Å². The third-order valence-corrected chi connectivity index (χ3v) is 7.01. The highest BCUT2D eigenvalue weighted by Crippen LogP contribution is 2.39. The van der Waals surface area contributed by atoms with Gasteiger partial charge in [-0.2, -0.15) is 0 Å². The molecular formula is C28H39N7O5S. The van der Waals surface area contributed by atoms with Crippen LogP contribution in [-0.2, 0) is 22.5 Å². The predicted molar refractivity (Wildman–Crippen MR) is 162 cm³/mol. The van der Waals surface area contributed by atoms with E-state index in [1.807, 2.05) is 27.7 Å². The summed E-state index contributed by atoms with van der Waals surface area (Å²) in [6.07, 6.45) is 3.33. The number of hydrogen-bond acceptors (Lipinski definition) is 9. The number of rotatable bonds is 9. The molecule has 0 aliphatic rings. The number of ether oxygens (including phenoxy) is 1. The summed E-state index contributed by atoms with van der Waals surface area (Å²) in [5.74, 6) is 6.51. The van der Waals surface area contributed by atoms with E-state index in [-0.39, 0.29) is 16.9 Å². The number of nitrogens with two attached hydrogens (primary N) is 2. The molecule has 7 N–H and O–H groups in total. The monoisotopic (exact) mass is 585 g/mol. The Morgan fingerprint density at radius 1 is 1.22 bits per heavy atom. The molecule has 1 aromatic heterocycles. The van der Waals surface area contributed by atoms with Crippen molar-refractivity contribution in [3.63, 3.8) is 0 Å². The number of aryl methyl sites for hydroxylation is 1. The summed E-state index contributed by atoms with van der Waals surface area (Å²) in [6, 6.07) is 8.47. The molecule has 41 heavy (non-hydrogen) atoms. The third-order valence-electron chi connectivity index (χ3n) is 6.42. The molecule has 0 fully saturated rings. The molecule has 13 heteroatoms. The molecule has 0 aliphatic carbocycles. The molecule has 1 heterocycles. The average Bonchev–Trinajstić information content (AvgIpc) is 3.24. The highest BCUT2D eigenvalue weighted by Gasteiger charge is 2.23. The van der Waals surface area contributed by atoms with E-state index < -0.39 is 22.0 Å². The van der Waals surface area contributed by atoms with Gasteiger partial charge in [0.1, 0.15) is 11.9 Å². The molecule has 1 atom stereocenters. The van der Waals surface area contributed by atoms with Gasteiger partial charge in [0, 0.05) is 18.8 Å². The van der Waals surface area contributed by atoms with Gasteiger partial charge in [-0.1, -0.05) is 26.8 Å². The predicted octanol–water partition coefficient (Wildman–Crippen LogP) is 3.35. The van der Waals surface area contributed by atoms with Gasteiger partial charge in [-0.15, -0.1) is 0 Å². The van der Waals surface area contributed by atoms with Crippen LogP contribution >= 0.6 is 0 Å². The molecule has 0 saturated heterocycles. The Kier molecular flexibility index (Phi) is 9.06. The Hall–Kier alpha value is -4.07. The zero-order valence-electron chi connectivity index (χ0n) is 24.6. The lowest BCUT2D eigenvalue weighted by atomic mass is 9.86. The van der Waals surface area contributed by atoms with Crippen molar-refractivity contribution in [2.24, 2.45) is 18.6 Å². The summed E-state index contributed by atoms with van der Waals surface area (Å²) < 4.78 is 33.7. The summed E-state index contributed by atoms with van der Waals surface area (Å²) in [4.78, 5) is 17.6. The molecule has 0 aliphatic heterocycles. The zero-order valence-corrected chi connectivity index (χ0v) is 25.4. The highest BCUT2D eigenvalue weighted by molar-refractivity contribution is 7.92. The van der Waals surface area contributed by atoms with E-state index in [2.05, 4.69) is 15.0 Å². The van der Waals surface area contributed by atoms with Gasteiger partial charge < -0.3 is 25.5 Å². The normalized spacial score (nSPS) is 13.1. The first kappa shape index (κ1) is 31.5. The minimum atomic E-state index is -3.62. The van der Waals surface area contributed by atoms with Crippen LogP contribution in [0.4, 0.5) is 17.1 Å². The lowest BCUT2D eigenvalue weighted by Gasteiger charge is -2.24. The van der Waals surface area contributed by atoms with E-state index in [0.717, 1.165) is 17.4 Å². The number of imidazole rings is 1. The smallest absolute Gasteiger partial charge is 0.255 e. The van der Waals surface area contributed by atoms with E-state index in [9.17, 15) is 18.3 Å². The van der Waals surface area contributed by atoms with Crippen molar-refractivity contribution in [3.05, 3.63) is 70.9 Å². The fourth-order valence-corrected chi connectivity index (χ4v) is 4.79. The SMILES string of the molecule is COc1c(NC(=O)c2ccc(C)c(N(N)/C=C(\N)c3cnc(C(C)O)n3C)c2)cc(C(C)(C)C)cc1NS(C)(=O)=O. The van der Waals surface area contributed by atoms with Gasteiger partial charge in [0.15, 0.2) is 5.75 Å². The van der Waals surface area contributed by atoms with Crippen LogP contribution in [0.15, 0.2) is 42.7 Å². The zero-order chi connectivity index (χ0) is 30.9. The standard InChI is InChI=1S/C28H39N7O5S/c1-16-9-10-18(11-23(16)35(30)15-20(29)24-14-31-26(17(2)36)34(24)6)27(37)32-21-12-19(28(3,4)5)13-22(25(21)40-7)33-41(8,38)39/h9-15,17,33,36H,29-30H2,1-8H3,(H,32,37)/b20-15-. The number of carbonyl (C=O) groups excluding carboxylic acids is 1. The molecule has 3 rings (SSSR count). The molecule has 1 amide bonds. The Labute approximate surface area is 241 Å². The Morgan fingerprint density at radius 2 is 1.85 bits per heavy atom. The lowest BCUT2D eigenvalue weighted by Crippen LogP contribution is -2.27. The van der Waals surface area contributed by atoms with E-state index in [1.54, 1.807) is 55.1 Å². The average molecular weight is 586 g/mol. The van der Waals surface area contributed by atoms with Crippen molar-refractivity contribution in [1.82, 2.24) is 9.55 Å². The van der Waals surface area contributed by atoms with Gasteiger partial charge in [-0.05, 0) is 54.7 Å².